The molecule has 4 heterocycles. The van der Waals surface area contributed by atoms with E-state index in [0.29, 0.717) is 11.3 Å². The van der Waals surface area contributed by atoms with E-state index in [-0.39, 0.29) is 12.2 Å². The quantitative estimate of drug-likeness (QED) is 0.426. The van der Waals surface area contributed by atoms with Crippen LogP contribution >= 0.6 is 0 Å². The second kappa shape index (κ2) is 9.07. The first-order valence-electron chi connectivity index (χ1n) is 11.3. The van der Waals surface area contributed by atoms with Crippen LogP contribution in [0.4, 0.5) is 5.82 Å². The Morgan fingerprint density at radius 3 is 2.61 bits per heavy atom. The summed E-state index contributed by atoms with van der Waals surface area (Å²) in [6.45, 7) is 7.13. The van der Waals surface area contributed by atoms with Gasteiger partial charge in [0, 0.05) is 62.1 Å². The molecule has 8 nitrogen and oxygen atoms in total. The largest absolute Gasteiger partial charge is 0.354 e. The van der Waals surface area contributed by atoms with Gasteiger partial charge in [-0.3, -0.25) is 9.48 Å². The Morgan fingerprint density at radius 1 is 1.00 bits per heavy atom. The van der Waals surface area contributed by atoms with E-state index in [1.54, 1.807) is 16.9 Å². The third-order valence-electron chi connectivity index (χ3n) is 6.23. The number of aromatic nitrogens is 5. The number of benzene rings is 1. The summed E-state index contributed by atoms with van der Waals surface area (Å²) in [4.78, 5) is 22.2. The lowest BCUT2D eigenvalue weighted by atomic mass is 10.0. The van der Waals surface area contributed by atoms with Gasteiger partial charge in [-0.2, -0.15) is 15.3 Å². The number of piperazine rings is 1. The number of ketones is 1. The van der Waals surface area contributed by atoms with E-state index in [1.807, 2.05) is 43.7 Å². The molecule has 0 bridgehead atoms. The Labute approximate surface area is 192 Å². The molecule has 0 spiro atoms. The van der Waals surface area contributed by atoms with Gasteiger partial charge in [0.2, 0.25) is 0 Å². The van der Waals surface area contributed by atoms with Gasteiger partial charge in [-0.25, -0.2) is 4.98 Å². The average molecular weight is 442 g/mol. The predicted molar refractivity (Wildman–Crippen MR) is 128 cm³/mol. The van der Waals surface area contributed by atoms with Crippen molar-refractivity contribution >= 4 is 22.5 Å². The van der Waals surface area contributed by atoms with Gasteiger partial charge in [-0.15, -0.1) is 0 Å². The first-order valence-corrected chi connectivity index (χ1v) is 11.3. The van der Waals surface area contributed by atoms with Gasteiger partial charge in [0.05, 0.1) is 23.8 Å². The molecule has 4 aromatic rings. The SMILES string of the molecule is CCN1CCN(c2cc(C(=O)Cc3cc4cc(-c5cnn(C)c5)ccc4nn3)ccn2)CC1. The van der Waals surface area contributed by atoms with Gasteiger partial charge in [0.15, 0.2) is 5.78 Å². The maximum absolute atomic E-state index is 13.0. The topological polar surface area (TPSA) is 80.0 Å². The molecule has 168 valence electrons. The predicted octanol–water partition coefficient (Wildman–Crippen LogP) is 2.99. The number of nitrogens with zero attached hydrogens (tertiary/aromatic N) is 7. The fourth-order valence-electron chi connectivity index (χ4n) is 4.25. The zero-order valence-electron chi connectivity index (χ0n) is 19.0. The lowest BCUT2D eigenvalue weighted by molar-refractivity contribution is 0.0991. The summed E-state index contributed by atoms with van der Waals surface area (Å²) >= 11 is 0. The molecular formula is C25H27N7O. The molecule has 0 amide bonds. The molecule has 1 aliphatic rings. The van der Waals surface area contributed by atoms with Crippen molar-refractivity contribution in [3.8, 4) is 11.1 Å². The fourth-order valence-corrected chi connectivity index (χ4v) is 4.25. The van der Waals surface area contributed by atoms with Gasteiger partial charge < -0.3 is 9.80 Å². The van der Waals surface area contributed by atoms with Crippen molar-refractivity contribution < 1.29 is 4.79 Å². The summed E-state index contributed by atoms with van der Waals surface area (Å²) in [5.74, 6) is 0.880. The second-order valence-corrected chi connectivity index (χ2v) is 8.44. The highest BCUT2D eigenvalue weighted by Gasteiger charge is 2.18. The molecule has 0 aliphatic carbocycles. The van der Waals surface area contributed by atoms with E-state index in [9.17, 15) is 4.79 Å². The minimum Gasteiger partial charge on any atom is -0.354 e. The first kappa shape index (κ1) is 21.2. The number of likely N-dealkylation sites (N-methyl/N-ethyl adjacent to an activating group) is 1. The monoisotopic (exact) mass is 441 g/mol. The van der Waals surface area contributed by atoms with Gasteiger partial charge in [0.25, 0.3) is 0 Å². The molecule has 0 atom stereocenters. The number of fused-ring (bicyclic) bond motifs is 1. The number of anilines is 1. The van der Waals surface area contributed by atoms with E-state index in [4.69, 9.17) is 0 Å². The maximum Gasteiger partial charge on any atom is 0.169 e. The van der Waals surface area contributed by atoms with Crippen LogP contribution in [0.1, 0.15) is 23.0 Å². The molecule has 0 N–H and O–H groups in total. The molecule has 1 fully saturated rings. The highest BCUT2D eigenvalue weighted by Crippen LogP contribution is 2.24. The summed E-state index contributed by atoms with van der Waals surface area (Å²) < 4.78 is 1.78. The van der Waals surface area contributed by atoms with Crippen molar-refractivity contribution in [2.75, 3.05) is 37.6 Å². The molecule has 0 saturated carbocycles. The molecule has 5 rings (SSSR count). The molecule has 3 aromatic heterocycles. The first-order chi connectivity index (χ1) is 16.1. The molecule has 8 heteroatoms. The highest BCUT2D eigenvalue weighted by molar-refractivity contribution is 5.98. The summed E-state index contributed by atoms with van der Waals surface area (Å²) in [6, 6.07) is 11.7. The van der Waals surface area contributed by atoms with Crippen LogP contribution in [0.2, 0.25) is 0 Å². The van der Waals surface area contributed by atoms with Gasteiger partial charge in [0.1, 0.15) is 5.82 Å². The summed E-state index contributed by atoms with van der Waals surface area (Å²) in [6.07, 6.45) is 5.74. The number of pyridine rings is 1. The Bertz CT molecular complexity index is 1290. The zero-order valence-corrected chi connectivity index (χ0v) is 19.0. The molecule has 1 saturated heterocycles. The third kappa shape index (κ3) is 4.61. The fraction of sp³-hybridized carbons (Fsp3) is 0.320. The van der Waals surface area contributed by atoms with Crippen LogP contribution < -0.4 is 4.90 Å². The normalized spacial score (nSPS) is 14.7. The van der Waals surface area contributed by atoms with E-state index in [2.05, 4.69) is 43.1 Å². The number of carbonyl (C=O) groups excluding carboxylic acids is 1. The van der Waals surface area contributed by atoms with Gasteiger partial charge in [-0.05, 0) is 42.4 Å². The van der Waals surface area contributed by atoms with Crippen molar-refractivity contribution in [2.24, 2.45) is 7.05 Å². The Hall–Kier alpha value is -3.65. The van der Waals surface area contributed by atoms with Gasteiger partial charge in [-0.1, -0.05) is 13.0 Å². The lowest BCUT2D eigenvalue weighted by Crippen LogP contribution is -2.46. The second-order valence-electron chi connectivity index (χ2n) is 8.44. The molecular weight excluding hydrogens is 414 g/mol. The molecule has 0 unspecified atom stereocenters. The van der Waals surface area contributed by atoms with Crippen LogP contribution in [-0.2, 0) is 13.5 Å². The summed E-state index contributed by atoms with van der Waals surface area (Å²) in [5, 5.41) is 13.8. The van der Waals surface area contributed by atoms with E-state index >= 15 is 0 Å². The average Bonchev–Trinajstić information content (AvgIpc) is 3.30. The van der Waals surface area contributed by atoms with Crippen molar-refractivity contribution in [1.29, 1.82) is 0 Å². The lowest BCUT2D eigenvalue weighted by Gasteiger charge is -2.34. The van der Waals surface area contributed by atoms with Gasteiger partial charge >= 0.3 is 0 Å². The molecule has 0 radical (unpaired) electrons. The number of carbonyl (C=O) groups is 1. The van der Waals surface area contributed by atoms with E-state index in [0.717, 1.165) is 60.6 Å². The van der Waals surface area contributed by atoms with Crippen LogP contribution in [0.15, 0.2) is 55.0 Å². The Balaban J connectivity index is 1.33. The number of rotatable bonds is 6. The number of Topliss-reactive ketones (excluding diaryl/α,β-unsaturated/α-hetero) is 1. The highest BCUT2D eigenvalue weighted by atomic mass is 16.1. The van der Waals surface area contributed by atoms with Crippen LogP contribution in [-0.4, -0.2) is 68.4 Å². The summed E-state index contributed by atoms with van der Waals surface area (Å²) in [5.41, 5.74) is 4.21. The van der Waals surface area contributed by atoms with Crippen molar-refractivity contribution in [3.05, 3.63) is 66.2 Å². The standard InChI is InChI=1S/C25H27N7O/c1-3-31-8-10-32(11-9-31)25-14-19(6-7-26-25)24(33)15-22-13-20-12-18(4-5-23(20)29-28-22)21-16-27-30(2)17-21/h4-7,12-14,16-17H,3,8-11,15H2,1-2H3. The van der Waals surface area contributed by atoms with E-state index < -0.39 is 0 Å². The van der Waals surface area contributed by atoms with E-state index in [1.165, 1.54) is 0 Å². The van der Waals surface area contributed by atoms with Crippen LogP contribution in [0.3, 0.4) is 0 Å². The van der Waals surface area contributed by atoms with Crippen LogP contribution in [0.25, 0.3) is 22.0 Å². The molecule has 1 aromatic carbocycles. The van der Waals surface area contributed by atoms with Crippen molar-refractivity contribution in [1.82, 2.24) is 29.9 Å². The smallest absolute Gasteiger partial charge is 0.169 e. The number of hydrogen-bond acceptors (Lipinski definition) is 7. The van der Waals surface area contributed by atoms with Crippen molar-refractivity contribution in [2.45, 2.75) is 13.3 Å². The zero-order chi connectivity index (χ0) is 22.8. The molecule has 33 heavy (non-hydrogen) atoms. The third-order valence-corrected chi connectivity index (χ3v) is 6.23. The Kier molecular flexibility index (Phi) is 5.83. The van der Waals surface area contributed by atoms with Crippen molar-refractivity contribution in [3.63, 3.8) is 0 Å². The maximum atomic E-state index is 13.0. The minimum absolute atomic E-state index is 0.0166. The van der Waals surface area contributed by atoms with Crippen LogP contribution in [0, 0.1) is 0 Å². The number of aryl methyl sites for hydroxylation is 1. The molecule has 1 aliphatic heterocycles. The Morgan fingerprint density at radius 2 is 1.85 bits per heavy atom. The number of hydrogen-bond donors (Lipinski definition) is 0. The van der Waals surface area contributed by atoms with Crippen LogP contribution in [0.5, 0.6) is 0 Å². The summed E-state index contributed by atoms with van der Waals surface area (Å²) in [7, 11) is 1.90. The minimum atomic E-state index is 0.0166.